The van der Waals surface area contributed by atoms with Crippen LogP contribution in [0, 0.1) is 6.92 Å². The number of aryl methyl sites for hydroxylation is 1. The van der Waals surface area contributed by atoms with Crippen LogP contribution in [0.4, 0.5) is 5.82 Å². The van der Waals surface area contributed by atoms with Gasteiger partial charge in [0.15, 0.2) is 0 Å². The molecule has 3 rings (SSSR count). The molecule has 0 amide bonds. The van der Waals surface area contributed by atoms with Crippen LogP contribution >= 0.6 is 23.1 Å². The summed E-state index contributed by atoms with van der Waals surface area (Å²) in [5, 5.41) is 16.1. The van der Waals surface area contributed by atoms with Crippen LogP contribution in [-0.4, -0.2) is 39.7 Å². The number of aromatic nitrogens is 2. The zero-order chi connectivity index (χ0) is 16.9. The largest absolute Gasteiger partial charge is 0.396 e. The summed E-state index contributed by atoms with van der Waals surface area (Å²) in [6, 6.07) is 10.5. The minimum Gasteiger partial charge on any atom is -0.396 e. The third-order valence-corrected chi connectivity index (χ3v) is 5.42. The highest BCUT2D eigenvalue weighted by atomic mass is 32.2. The smallest absolute Gasteiger partial charge is 0.139 e. The fraction of sp³-hybridized carbons (Fsp3) is 0.333. The molecule has 0 radical (unpaired) electrons. The first-order valence-electron chi connectivity index (χ1n) is 7.90. The summed E-state index contributed by atoms with van der Waals surface area (Å²) in [7, 11) is 0. The van der Waals surface area contributed by atoms with Crippen molar-refractivity contribution < 1.29 is 5.11 Å². The fourth-order valence-corrected chi connectivity index (χ4v) is 4.38. The van der Waals surface area contributed by atoms with Gasteiger partial charge in [0, 0.05) is 29.3 Å². The normalized spacial score (nSPS) is 12.5. The molecule has 0 spiro atoms. The van der Waals surface area contributed by atoms with Gasteiger partial charge < -0.3 is 10.4 Å². The van der Waals surface area contributed by atoms with Gasteiger partial charge in [-0.25, -0.2) is 9.97 Å². The molecule has 2 aromatic heterocycles. The Morgan fingerprint density at radius 2 is 2.04 bits per heavy atom. The molecule has 2 N–H and O–H groups in total. The summed E-state index contributed by atoms with van der Waals surface area (Å²) < 4.78 is 0. The summed E-state index contributed by atoms with van der Waals surface area (Å²) in [6.45, 7) is 2.09. The second-order valence-electron chi connectivity index (χ2n) is 5.62. The van der Waals surface area contributed by atoms with Crippen LogP contribution in [0.2, 0.25) is 0 Å². The monoisotopic (exact) mass is 359 g/mol. The summed E-state index contributed by atoms with van der Waals surface area (Å²) in [5.74, 6) is 2.55. The molecule has 3 aromatic rings. The number of anilines is 1. The van der Waals surface area contributed by atoms with Crippen molar-refractivity contribution >= 4 is 39.1 Å². The van der Waals surface area contributed by atoms with Crippen molar-refractivity contribution in [1.82, 2.24) is 9.97 Å². The molecule has 2 heterocycles. The number of aliphatic hydroxyl groups excluding tert-OH is 1. The van der Waals surface area contributed by atoms with Crippen LogP contribution in [0.15, 0.2) is 35.7 Å². The second-order valence-corrected chi connectivity index (χ2v) is 7.39. The maximum absolute atomic E-state index is 9.32. The SMILES string of the molecule is CSCC(CCO)Nc1nc(C)nc2scc(-c3ccccc3)c12. The Balaban J connectivity index is 2.07. The Hall–Kier alpha value is -1.63. The van der Waals surface area contributed by atoms with E-state index in [0.29, 0.717) is 6.42 Å². The molecule has 24 heavy (non-hydrogen) atoms. The van der Waals surface area contributed by atoms with Crippen molar-refractivity contribution in [3.8, 4) is 11.1 Å². The average Bonchev–Trinajstić information content (AvgIpc) is 3.00. The summed E-state index contributed by atoms with van der Waals surface area (Å²) in [6.07, 6.45) is 2.78. The molecule has 126 valence electrons. The van der Waals surface area contributed by atoms with Crippen molar-refractivity contribution in [3.05, 3.63) is 41.5 Å². The van der Waals surface area contributed by atoms with Crippen molar-refractivity contribution in [2.75, 3.05) is 23.9 Å². The number of nitrogens with zero attached hydrogens (tertiary/aromatic N) is 2. The zero-order valence-electron chi connectivity index (χ0n) is 13.8. The Morgan fingerprint density at radius 3 is 2.75 bits per heavy atom. The van der Waals surface area contributed by atoms with E-state index >= 15 is 0 Å². The van der Waals surface area contributed by atoms with Gasteiger partial charge in [0.2, 0.25) is 0 Å². The van der Waals surface area contributed by atoms with E-state index < -0.39 is 0 Å². The highest BCUT2D eigenvalue weighted by Crippen LogP contribution is 2.37. The number of hydrogen-bond donors (Lipinski definition) is 2. The number of hydrogen-bond acceptors (Lipinski definition) is 6. The third kappa shape index (κ3) is 3.71. The zero-order valence-corrected chi connectivity index (χ0v) is 15.5. The van der Waals surface area contributed by atoms with Crippen LogP contribution in [0.3, 0.4) is 0 Å². The van der Waals surface area contributed by atoms with E-state index in [9.17, 15) is 5.11 Å². The number of rotatable bonds is 7. The highest BCUT2D eigenvalue weighted by molar-refractivity contribution is 7.98. The van der Waals surface area contributed by atoms with Gasteiger partial charge in [-0.3, -0.25) is 0 Å². The Bertz CT molecular complexity index is 799. The minimum absolute atomic E-state index is 0.167. The third-order valence-electron chi connectivity index (χ3n) is 3.82. The molecule has 1 aromatic carbocycles. The van der Waals surface area contributed by atoms with Gasteiger partial charge >= 0.3 is 0 Å². The summed E-state index contributed by atoms with van der Waals surface area (Å²) in [4.78, 5) is 10.2. The molecule has 1 atom stereocenters. The van der Waals surface area contributed by atoms with E-state index in [4.69, 9.17) is 0 Å². The predicted octanol–water partition coefficient (Wildman–Crippen LogP) is 4.19. The summed E-state index contributed by atoms with van der Waals surface area (Å²) in [5.41, 5.74) is 2.33. The molecule has 0 fully saturated rings. The van der Waals surface area contributed by atoms with Crippen molar-refractivity contribution in [2.45, 2.75) is 19.4 Å². The molecule has 1 unspecified atom stereocenters. The molecule has 6 heteroatoms. The Labute approximate surface area is 150 Å². The van der Waals surface area contributed by atoms with Gasteiger partial charge in [-0.1, -0.05) is 30.3 Å². The number of aliphatic hydroxyl groups is 1. The maximum Gasteiger partial charge on any atom is 0.139 e. The van der Waals surface area contributed by atoms with E-state index in [2.05, 4.69) is 39.1 Å². The van der Waals surface area contributed by atoms with Gasteiger partial charge in [-0.15, -0.1) is 11.3 Å². The molecule has 4 nitrogen and oxygen atoms in total. The van der Waals surface area contributed by atoms with Gasteiger partial charge in [0.1, 0.15) is 16.5 Å². The van der Waals surface area contributed by atoms with Gasteiger partial charge in [-0.2, -0.15) is 11.8 Å². The maximum atomic E-state index is 9.32. The predicted molar refractivity (Wildman–Crippen MR) is 105 cm³/mol. The van der Waals surface area contributed by atoms with Crippen LogP contribution < -0.4 is 5.32 Å². The topological polar surface area (TPSA) is 58.0 Å². The van der Waals surface area contributed by atoms with Crippen LogP contribution in [-0.2, 0) is 0 Å². The van der Waals surface area contributed by atoms with E-state index in [0.717, 1.165) is 33.2 Å². The molecule has 0 saturated heterocycles. The lowest BCUT2D eigenvalue weighted by molar-refractivity contribution is 0.282. The Morgan fingerprint density at radius 1 is 1.25 bits per heavy atom. The van der Waals surface area contributed by atoms with Crippen molar-refractivity contribution in [3.63, 3.8) is 0 Å². The molecule has 0 aliphatic carbocycles. The molecule has 0 saturated carbocycles. The molecular weight excluding hydrogens is 338 g/mol. The number of fused-ring (bicyclic) bond motifs is 1. The lowest BCUT2D eigenvalue weighted by atomic mass is 10.1. The quantitative estimate of drug-likeness (QED) is 0.662. The fourth-order valence-electron chi connectivity index (χ4n) is 2.73. The number of nitrogens with one attached hydrogen (secondary N) is 1. The lowest BCUT2D eigenvalue weighted by Crippen LogP contribution is -2.24. The van der Waals surface area contributed by atoms with E-state index in [1.165, 1.54) is 5.56 Å². The van der Waals surface area contributed by atoms with E-state index in [1.807, 2.05) is 25.1 Å². The average molecular weight is 360 g/mol. The number of thiophene rings is 1. The first-order chi connectivity index (χ1) is 11.7. The number of thioether (sulfide) groups is 1. The van der Waals surface area contributed by atoms with Gasteiger partial charge in [0.05, 0.1) is 5.39 Å². The van der Waals surface area contributed by atoms with Crippen molar-refractivity contribution in [1.29, 1.82) is 0 Å². The second kappa shape index (κ2) is 7.96. The van der Waals surface area contributed by atoms with Crippen LogP contribution in [0.5, 0.6) is 0 Å². The van der Waals surface area contributed by atoms with Crippen LogP contribution in [0.25, 0.3) is 21.3 Å². The lowest BCUT2D eigenvalue weighted by Gasteiger charge is -2.18. The minimum atomic E-state index is 0.167. The van der Waals surface area contributed by atoms with E-state index in [-0.39, 0.29) is 12.6 Å². The molecular formula is C18H21N3OS2. The Kier molecular flexibility index (Phi) is 5.71. The van der Waals surface area contributed by atoms with Gasteiger partial charge in [-0.05, 0) is 25.2 Å². The molecule has 0 aliphatic rings. The summed E-state index contributed by atoms with van der Waals surface area (Å²) >= 11 is 3.41. The standard InChI is InChI=1S/C18H21N3OS2/c1-12-19-17(21-14(8-9-22)10-23-2)16-15(11-24-18(16)20-12)13-6-4-3-5-7-13/h3-7,11,14,22H,8-10H2,1-2H3,(H,19,20,21). The first-order valence-corrected chi connectivity index (χ1v) is 10.2. The van der Waals surface area contributed by atoms with Crippen LogP contribution in [0.1, 0.15) is 12.2 Å². The molecule has 0 bridgehead atoms. The molecule has 0 aliphatic heterocycles. The number of benzene rings is 1. The highest BCUT2D eigenvalue weighted by Gasteiger charge is 2.17. The first kappa shape index (κ1) is 17.2. The van der Waals surface area contributed by atoms with E-state index in [1.54, 1.807) is 23.1 Å². The van der Waals surface area contributed by atoms with Gasteiger partial charge in [0.25, 0.3) is 0 Å². The van der Waals surface area contributed by atoms with Crippen molar-refractivity contribution in [2.24, 2.45) is 0 Å².